The number of benzene rings is 2. The van der Waals surface area contributed by atoms with Crippen LogP contribution in [-0.4, -0.2) is 31.8 Å². The fourth-order valence-electron chi connectivity index (χ4n) is 2.91. The third-order valence-corrected chi connectivity index (χ3v) is 5.13. The van der Waals surface area contributed by atoms with Crippen molar-refractivity contribution in [3.8, 4) is 5.75 Å². The fraction of sp³-hybridized carbons (Fsp3) is 0.304. The van der Waals surface area contributed by atoms with E-state index in [9.17, 15) is 4.79 Å². The average Bonchev–Trinajstić information content (AvgIpc) is 2.75. The van der Waals surface area contributed by atoms with E-state index >= 15 is 0 Å². The minimum absolute atomic E-state index is 0.319. The first-order valence-electron chi connectivity index (χ1n) is 9.44. The molecule has 0 aromatic heterocycles. The predicted molar refractivity (Wildman–Crippen MR) is 123 cm³/mol. The molecule has 0 N–H and O–H groups in total. The molecule has 0 fully saturated rings. The van der Waals surface area contributed by atoms with Crippen molar-refractivity contribution in [3.05, 3.63) is 71.3 Å². The summed E-state index contributed by atoms with van der Waals surface area (Å²) in [5, 5.41) is 4.13. The minimum Gasteiger partial charge on any atom is -0.489 e. The number of methoxy groups -OCH3 is 1. The molecule has 2 aromatic carbocycles. The molecule has 2 aromatic rings. The number of oxime groups is 1. The zero-order chi connectivity index (χ0) is 22.1. The highest BCUT2D eigenvalue weighted by Gasteiger charge is 2.19. The van der Waals surface area contributed by atoms with Gasteiger partial charge in [0.1, 0.15) is 19.0 Å². The predicted octanol–water partition coefficient (Wildman–Crippen LogP) is 5.66. The van der Waals surface area contributed by atoms with Crippen LogP contribution < -0.4 is 9.04 Å². The lowest BCUT2D eigenvalue weighted by molar-refractivity contribution is 0.175. The van der Waals surface area contributed by atoms with Crippen molar-refractivity contribution in [2.24, 2.45) is 5.16 Å². The van der Waals surface area contributed by atoms with E-state index in [-0.39, 0.29) is 0 Å². The van der Waals surface area contributed by atoms with Crippen LogP contribution in [-0.2, 0) is 16.2 Å². The van der Waals surface area contributed by atoms with Crippen LogP contribution in [0, 0.1) is 13.8 Å². The van der Waals surface area contributed by atoms with Crippen LogP contribution in [0.5, 0.6) is 5.75 Å². The molecule has 30 heavy (non-hydrogen) atoms. The molecule has 0 saturated carbocycles. The van der Waals surface area contributed by atoms with Gasteiger partial charge in [0.05, 0.1) is 18.5 Å². The summed E-state index contributed by atoms with van der Waals surface area (Å²) in [7, 11) is 1.37. The molecule has 0 radical (unpaired) electrons. The molecule has 0 aliphatic heterocycles. The van der Waals surface area contributed by atoms with Crippen molar-refractivity contribution in [2.75, 3.05) is 24.3 Å². The molecule has 0 spiro atoms. The number of ether oxygens (including phenoxy) is 2. The van der Waals surface area contributed by atoms with E-state index in [0.717, 1.165) is 39.4 Å². The van der Waals surface area contributed by atoms with Crippen LogP contribution in [0.3, 0.4) is 0 Å². The Balaban J connectivity index is 2.23. The summed E-state index contributed by atoms with van der Waals surface area (Å²) < 4.78 is 12.5. The quantitative estimate of drug-likeness (QED) is 0.170. The van der Waals surface area contributed by atoms with Gasteiger partial charge in [0.15, 0.2) is 0 Å². The van der Waals surface area contributed by atoms with Gasteiger partial charge < -0.3 is 14.3 Å². The zero-order valence-electron chi connectivity index (χ0n) is 18.1. The van der Waals surface area contributed by atoms with Gasteiger partial charge in [-0.05, 0) is 62.0 Å². The van der Waals surface area contributed by atoms with Gasteiger partial charge in [-0.2, -0.15) is 0 Å². The second-order valence-corrected chi connectivity index (χ2v) is 7.29. The van der Waals surface area contributed by atoms with Crippen LogP contribution >= 0.6 is 11.9 Å². The minimum atomic E-state index is -0.431. The van der Waals surface area contributed by atoms with Crippen molar-refractivity contribution in [1.29, 1.82) is 0 Å². The Labute approximate surface area is 182 Å². The SMILES string of the molecule is C=CCON=C(C)c1cc(C)c(OCc2ccccc2N(SC)C(=O)OC)cc1C. The Morgan fingerprint density at radius 2 is 1.97 bits per heavy atom. The Bertz CT molecular complexity index is 927. The van der Waals surface area contributed by atoms with Gasteiger partial charge in [0, 0.05) is 17.4 Å². The molecule has 0 unspecified atom stereocenters. The van der Waals surface area contributed by atoms with E-state index in [0.29, 0.717) is 13.2 Å². The van der Waals surface area contributed by atoms with E-state index in [2.05, 4.69) is 11.7 Å². The van der Waals surface area contributed by atoms with Gasteiger partial charge in [-0.15, -0.1) is 0 Å². The van der Waals surface area contributed by atoms with Crippen molar-refractivity contribution >= 4 is 29.4 Å². The Hall–Kier alpha value is -2.93. The second-order valence-electron chi connectivity index (χ2n) is 6.56. The number of carbonyl (C=O) groups excluding carboxylic acids is 1. The van der Waals surface area contributed by atoms with Crippen LogP contribution in [0.4, 0.5) is 10.5 Å². The van der Waals surface area contributed by atoms with Gasteiger partial charge >= 0.3 is 6.09 Å². The van der Waals surface area contributed by atoms with E-state index in [4.69, 9.17) is 14.3 Å². The molecule has 0 saturated heterocycles. The molecular weight excluding hydrogens is 400 g/mol. The van der Waals surface area contributed by atoms with Crippen LogP contribution in [0.15, 0.2) is 54.2 Å². The number of anilines is 1. The van der Waals surface area contributed by atoms with Crippen molar-refractivity contribution in [2.45, 2.75) is 27.4 Å². The Morgan fingerprint density at radius 1 is 1.23 bits per heavy atom. The molecule has 0 aliphatic carbocycles. The average molecular weight is 429 g/mol. The highest BCUT2D eigenvalue weighted by molar-refractivity contribution is 8.00. The summed E-state index contributed by atoms with van der Waals surface area (Å²) in [5.41, 5.74) is 5.44. The first-order valence-corrected chi connectivity index (χ1v) is 10.6. The highest BCUT2D eigenvalue weighted by Crippen LogP contribution is 2.29. The van der Waals surface area contributed by atoms with E-state index in [1.165, 1.54) is 23.4 Å². The van der Waals surface area contributed by atoms with Gasteiger partial charge in [-0.1, -0.05) is 36.0 Å². The zero-order valence-corrected chi connectivity index (χ0v) is 18.9. The van der Waals surface area contributed by atoms with E-state index < -0.39 is 6.09 Å². The largest absolute Gasteiger partial charge is 0.489 e. The summed E-state index contributed by atoms with van der Waals surface area (Å²) in [6, 6.07) is 11.6. The van der Waals surface area contributed by atoms with Gasteiger partial charge in [0.25, 0.3) is 0 Å². The summed E-state index contributed by atoms with van der Waals surface area (Å²) in [6.45, 7) is 10.2. The maximum absolute atomic E-state index is 12.1. The number of aryl methyl sites for hydroxylation is 2. The van der Waals surface area contributed by atoms with Gasteiger partial charge in [-0.3, -0.25) is 0 Å². The normalized spacial score (nSPS) is 11.0. The third-order valence-electron chi connectivity index (χ3n) is 4.42. The van der Waals surface area contributed by atoms with Crippen molar-refractivity contribution in [1.82, 2.24) is 0 Å². The first-order chi connectivity index (χ1) is 14.4. The summed E-state index contributed by atoms with van der Waals surface area (Å²) in [6.07, 6.45) is 3.05. The second kappa shape index (κ2) is 11.3. The summed E-state index contributed by atoms with van der Waals surface area (Å²) in [4.78, 5) is 17.3. The number of nitrogens with zero attached hydrogens (tertiary/aromatic N) is 2. The first kappa shape index (κ1) is 23.3. The lowest BCUT2D eigenvalue weighted by Gasteiger charge is -2.21. The van der Waals surface area contributed by atoms with Crippen LogP contribution in [0.25, 0.3) is 0 Å². The van der Waals surface area contributed by atoms with Crippen molar-refractivity contribution in [3.63, 3.8) is 0 Å². The van der Waals surface area contributed by atoms with Crippen LogP contribution in [0.1, 0.15) is 29.2 Å². The number of rotatable bonds is 9. The Kier molecular flexibility index (Phi) is 8.80. The van der Waals surface area contributed by atoms with E-state index in [1.807, 2.05) is 63.4 Å². The van der Waals surface area contributed by atoms with E-state index in [1.54, 1.807) is 6.08 Å². The van der Waals surface area contributed by atoms with Gasteiger partial charge in [-0.25, -0.2) is 9.10 Å². The number of amides is 1. The Morgan fingerprint density at radius 3 is 2.63 bits per heavy atom. The maximum Gasteiger partial charge on any atom is 0.424 e. The molecule has 6 nitrogen and oxygen atoms in total. The fourth-order valence-corrected chi connectivity index (χ4v) is 3.51. The van der Waals surface area contributed by atoms with Gasteiger partial charge in [0.2, 0.25) is 0 Å². The number of hydrogen-bond donors (Lipinski definition) is 0. The molecule has 0 aliphatic rings. The van der Waals surface area contributed by atoms with Crippen molar-refractivity contribution < 1.29 is 19.1 Å². The number of para-hydroxylation sites is 1. The number of hydrogen-bond acceptors (Lipinski definition) is 6. The topological polar surface area (TPSA) is 60.4 Å². The smallest absolute Gasteiger partial charge is 0.424 e. The third kappa shape index (κ3) is 5.79. The molecule has 7 heteroatoms. The molecular formula is C23H28N2O4S. The maximum atomic E-state index is 12.1. The number of carbonyl (C=O) groups is 1. The lowest BCUT2D eigenvalue weighted by Crippen LogP contribution is -2.24. The molecule has 1 amide bonds. The molecule has 2 rings (SSSR count). The molecule has 0 atom stereocenters. The highest BCUT2D eigenvalue weighted by atomic mass is 32.2. The molecule has 0 heterocycles. The summed E-state index contributed by atoms with van der Waals surface area (Å²) in [5.74, 6) is 0.777. The molecule has 0 bridgehead atoms. The lowest BCUT2D eigenvalue weighted by atomic mass is 10.0. The standard InChI is InChI=1S/C23H28N2O4S/c1-7-12-29-24-18(4)20-13-17(3)22(14-16(20)2)28-15-19-10-8-9-11-21(19)25(30-6)23(26)27-5/h7-11,13-14H,1,12,15H2,2-6H3. The summed E-state index contributed by atoms with van der Waals surface area (Å²) >= 11 is 1.28. The molecule has 160 valence electrons. The van der Waals surface area contributed by atoms with Crippen LogP contribution in [0.2, 0.25) is 0 Å². The monoisotopic (exact) mass is 428 g/mol.